The molecular formula is C16H21NO4S. The number of anilines is 1. The van der Waals surface area contributed by atoms with Crippen molar-refractivity contribution in [2.75, 3.05) is 12.8 Å². The lowest BCUT2D eigenvalue weighted by Crippen LogP contribution is -1.98. The van der Waals surface area contributed by atoms with Crippen LogP contribution in [0.25, 0.3) is 0 Å². The van der Waals surface area contributed by atoms with E-state index in [0.717, 1.165) is 19.2 Å². The topological polar surface area (TPSA) is 89.6 Å². The van der Waals surface area contributed by atoms with Crippen LogP contribution in [0.1, 0.15) is 22.3 Å². The van der Waals surface area contributed by atoms with E-state index in [0.29, 0.717) is 0 Å². The fraction of sp³-hybridized carbons (Fsp3) is 0.250. The Hall–Kier alpha value is -1.89. The molecule has 22 heavy (non-hydrogen) atoms. The molecule has 120 valence electrons. The smallest absolute Gasteiger partial charge is 0.397 e. The van der Waals surface area contributed by atoms with Crippen LogP contribution in [0.3, 0.4) is 0 Å². The number of hydrogen-bond acceptors (Lipinski definition) is 4. The monoisotopic (exact) mass is 323 g/mol. The largest absolute Gasteiger partial charge is 0.399 e. The first-order valence-corrected chi connectivity index (χ1v) is 8.02. The first-order chi connectivity index (χ1) is 10.2. The number of nitrogen functional groups attached to an aromatic ring is 1. The Morgan fingerprint density at radius 3 is 2.09 bits per heavy atom. The molecule has 0 amide bonds. The third-order valence-corrected chi connectivity index (χ3v) is 3.81. The Morgan fingerprint density at radius 1 is 1.05 bits per heavy atom. The number of nitrogens with two attached hydrogens (primary N) is 1. The Kier molecular flexibility index (Phi) is 6.55. The summed E-state index contributed by atoms with van der Waals surface area (Å²) in [4.78, 5) is 0. The van der Waals surface area contributed by atoms with Crippen molar-refractivity contribution in [1.82, 2.24) is 0 Å². The average molecular weight is 323 g/mol. The minimum Gasteiger partial charge on any atom is -0.399 e. The second-order valence-electron chi connectivity index (χ2n) is 4.82. The van der Waals surface area contributed by atoms with Crippen LogP contribution in [0.4, 0.5) is 5.69 Å². The van der Waals surface area contributed by atoms with E-state index < -0.39 is 10.4 Å². The van der Waals surface area contributed by atoms with Crippen molar-refractivity contribution >= 4 is 16.1 Å². The van der Waals surface area contributed by atoms with Crippen LogP contribution in [-0.4, -0.2) is 20.1 Å². The molecule has 0 radical (unpaired) electrons. The minimum absolute atomic E-state index is 0.870. The highest BCUT2D eigenvalue weighted by atomic mass is 32.3. The van der Waals surface area contributed by atoms with E-state index in [1.165, 1.54) is 22.3 Å². The lowest BCUT2D eigenvalue weighted by atomic mass is 9.96. The van der Waals surface area contributed by atoms with Gasteiger partial charge in [0.15, 0.2) is 0 Å². The molecular weight excluding hydrogens is 302 g/mol. The van der Waals surface area contributed by atoms with Crippen molar-refractivity contribution in [3.05, 3.63) is 64.7 Å². The van der Waals surface area contributed by atoms with Gasteiger partial charge in [-0.2, -0.15) is 8.42 Å². The lowest BCUT2D eigenvalue weighted by Gasteiger charge is -2.11. The molecule has 0 aliphatic carbocycles. The number of hydrogen-bond donors (Lipinski definition) is 2. The first-order valence-electron chi connectivity index (χ1n) is 6.66. The summed E-state index contributed by atoms with van der Waals surface area (Å²) in [5.74, 6) is 0. The SMILES string of the molecule is COS(=O)(=O)O.Cc1c(N)ccc(Cc2ccccc2)c1C. The van der Waals surface area contributed by atoms with Crippen molar-refractivity contribution in [3.8, 4) is 0 Å². The number of benzene rings is 2. The highest BCUT2D eigenvalue weighted by molar-refractivity contribution is 7.80. The molecule has 0 aliphatic heterocycles. The molecule has 2 rings (SSSR count). The van der Waals surface area contributed by atoms with Crippen molar-refractivity contribution in [1.29, 1.82) is 0 Å². The van der Waals surface area contributed by atoms with E-state index in [9.17, 15) is 8.42 Å². The summed E-state index contributed by atoms with van der Waals surface area (Å²) in [6.45, 7) is 4.23. The standard InChI is InChI=1S/C15H17N.CH4O4S/c1-11-12(2)15(16)9-8-14(11)10-13-6-4-3-5-7-13;1-5-6(2,3)4/h3-9H,10,16H2,1-2H3;1H3,(H,2,3,4). The maximum absolute atomic E-state index is 9.33. The van der Waals surface area contributed by atoms with E-state index in [2.05, 4.69) is 48.4 Å². The van der Waals surface area contributed by atoms with Gasteiger partial charge in [0.05, 0.1) is 7.11 Å². The van der Waals surface area contributed by atoms with E-state index in [-0.39, 0.29) is 0 Å². The van der Waals surface area contributed by atoms with Gasteiger partial charge < -0.3 is 5.73 Å². The molecule has 2 aromatic rings. The Bertz CT molecular complexity index is 712. The van der Waals surface area contributed by atoms with Crippen molar-refractivity contribution in [3.63, 3.8) is 0 Å². The second kappa shape index (κ2) is 7.93. The van der Waals surface area contributed by atoms with Crippen LogP contribution in [0, 0.1) is 13.8 Å². The van der Waals surface area contributed by atoms with Gasteiger partial charge in [-0.1, -0.05) is 36.4 Å². The molecule has 2 aromatic carbocycles. The molecule has 0 unspecified atom stereocenters. The predicted molar refractivity (Wildman–Crippen MR) is 88.1 cm³/mol. The maximum atomic E-state index is 9.33. The van der Waals surface area contributed by atoms with Crippen LogP contribution in [0.2, 0.25) is 0 Å². The summed E-state index contributed by atoms with van der Waals surface area (Å²) in [6.07, 6.45) is 0.980. The lowest BCUT2D eigenvalue weighted by molar-refractivity contribution is 0.324. The van der Waals surface area contributed by atoms with E-state index in [1.807, 2.05) is 12.1 Å². The molecule has 0 aliphatic rings. The van der Waals surface area contributed by atoms with Gasteiger partial charge in [-0.25, -0.2) is 0 Å². The van der Waals surface area contributed by atoms with Crippen LogP contribution in [0.15, 0.2) is 42.5 Å². The number of rotatable bonds is 3. The fourth-order valence-electron chi connectivity index (χ4n) is 1.90. The van der Waals surface area contributed by atoms with E-state index in [4.69, 9.17) is 10.3 Å². The zero-order chi connectivity index (χ0) is 16.8. The summed E-state index contributed by atoms with van der Waals surface area (Å²) >= 11 is 0. The minimum atomic E-state index is -4.16. The zero-order valence-corrected chi connectivity index (χ0v) is 13.7. The Balaban J connectivity index is 0.000000346. The Morgan fingerprint density at radius 2 is 1.59 bits per heavy atom. The van der Waals surface area contributed by atoms with Gasteiger partial charge in [0, 0.05) is 5.69 Å². The molecule has 0 fully saturated rings. The van der Waals surface area contributed by atoms with Gasteiger partial charge in [0.2, 0.25) is 0 Å². The highest BCUT2D eigenvalue weighted by Crippen LogP contribution is 2.21. The van der Waals surface area contributed by atoms with Gasteiger partial charge >= 0.3 is 10.4 Å². The summed E-state index contributed by atoms with van der Waals surface area (Å²) < 4.78 is 29.7. The van der Waals surface area contributed by atoms with Crippen LogP contribution < -0.4 is 5.73 Å². The maximum Gasteiger partial charge on any atom is 0.397 e. The van der Waals surface area contributed by atoms with Gasteiger partial charge in [0.1, 0.15) is 0 Å². The van der Waals surface area contributed by atoms with Gasteiger partial charge in [0.25, 0.3) is 0 Å². The Labute approximate surface area is 131 Å². The van der Waals surface area contributed by atoms with Crippen LogP contribution >= 0.6 is 0 Å². The van der Waals surface area contributed by atoms with Gasteiger partial charge in [-0.15, -0.1) is 0 Å². The molecule has 6 heteroatoms. The molecule has 0 aromatic heterocycles. The van der Waals surface area contributed by atoms with Gasteiger partial charge in [-0.3, -0.25) is 8.74 Å². The molecule has 0 spiro atoms. The van der Waals surface area contributed by atoms with Crippen molar-refractivity contribution in [2.45, 2.75) is 20.3 Å². The molecule has 0 heterocycles. The van der Waals surface area contributed by atoms with E-state index >= 15 is 0 Å². The molecule has 0 saturated carbocycles. The fourth-order valence-corrected chi connectivity index (χ4v) is 1.90. The molecule has 0 saturated heterocycles. The zero-order valence-electron chi connectivity index (χ0n) is 12.9. The summed E-state index contributed by atoms with van der Waals surface area (Å²) in [6, 6.07) is 14.6. The third kappa shape index (κ3) is 5.85. The summed E-state index contributed by atoms with van der Waals surface area (Å²) in [5.41, 5.74) is 12.0. The molecule has 0 atom stereocenters. The third-order valence-electron chi connectivity index (χ3n) is 3.39. The van der Waals surface area contributed by atoms with Crippen molar-refractivity contribution < 1.29 is 17.2 Å². The first kappa shape index (κ1) is 18.2. The molecule has 5 nitrogen and oxygen atoms in total. The van der Waals surface area contributed by atoms with Crippen LogP contribution in [0.5, 0.6) is 0 Å². The molecule has 0 bridgehead atoms. The highest BCUT2D eigenvalue weighted by Gasteiger charge is 2.04. The average Bonchev–Trinajstić information content (AvgIpc) is 2.49. The summed E-state index contributed by atoms with van der Waals surface area (Å²) in [7, 11) is -3.29. The van der Waals surface area contributed by atoms with Gasteiger partial charge in [-0.05, 0) is 48.6 Å². The normalized spacial score (nSPS) is 10.7. The quantitative estimate of drug-likeness (QED) is 0.669. The molecule has 3 N–H and O–H groups in total. The second-order valence-corrected chi connectivity index (χ2v) is 6.01. The van der Waals surface area contributed by atoms with Crippen molar-refractivity contribution in [2.24, 2.45) is 0 Å². The van der Waals surface area contributed by atoms with E-state index in [1.54, 1.807) is 0 Å². The summed E-state index contributed by atoms with van der Waals surface area (Å²) in [5, 5.41) is 0. The predicted octanol–water partition coefficient (Wildman–Crippen LogP) is 2.91. The van der Waals surface area contributed by atoms with Crippen LogP contribution in [-0.2, 0) is 21.0 Å².